The van der Waals surface area contributed by atoms with Crippen LogP contribution < -0.4 is 9.62 Å². The Morgan fingerprint density at radius 2 is 1.48 bits per heavy atom. The molecule has 0 aliphatic carbocycles. The third kappa shape index (κ3) is 6.89. The van der Waals surface area contributed by atoms with Gasteiger partial charge in [-0.2, -0.15) is 0 Å². The molecule has 2 rings (SSSR count). The van der Waals surface area contributed by atoms with Crippen molar-refractivity contribution in [3.63, 3.8) is 0 Å². The molecule has 0 aromatic heterocycles. The molecule has 0 fully saturated rings. The SMILES string of the molecule is CC(C)(C)CC(C)(C)NC(=O)c1ccccc1N(Cc1ccccc1)S(C)(=O)=O. The van der Waals surface area contributed by atoms with Crippen LogP contribution in [0.25, 0.3) is 0 Å². The zero-order valence-corrected chi connectivity index (χ0v) is 19.0. The lowest BCUT2D eigenvalue weighted by molar-refractivity contribution is 0.0892. The summed E-state index contributed by atoms with van der Waals surface area (Å²) in [6.07, 6.45) is 1.95. The van der Waals surface area contributed by atoms with E-state index in [0.717, 1.165) is 18.2 Å². The number of hydrogen-bond acceptors (Lipinski definition) is 3. The maximum atomic E-state index is 13.1. The average Bonchev–Trinajstić information content (AvgIpc) is 2.57. The van der Waals surface area contributed by atoms with E-state index in [9.17, 15) is 13.2 Å². The minimum absolute atomic E-state index is 0.0440. The topological polar surface area (TPSA) is 66.5 Å². The largest absolute Gasteiger partial charge is 0.347 e. The molecule has 0 saturated heterocycles. The molecule has 0 aliphatic heterocycles. The summed E-state index contributed by atoms with van der Waals surface area (Å²) in [6, 6.07) is 16.2. The molecule has 0 heterocycles. The van der Waals surface area contributed by atoms with Crippen LogP contribution in [0.3, 0.4) is 0 Å². The molecule has 0 saturated carbocycles. The van der Waals surface area contributed by atoms with Crippen molar-refractivity contribution in [3.8, 4) is 0 Å². The number of nitrogens with one attached hydrogen (secondary N) is 1. The lowest BCUT2D eigenvalue weighted by Gasteiger charge is -2.34. The van der Waals surface area contributed by atoms with Gasteiger partial charge in [-0.05, 0) is 43.4 Å². The molecule has 0 bridgehead atoms. The van der Waals surface area contributed by atoms with Crippen molar-refractivity contribution in [2.45, 2.75) is 53.1 Å². The highest BCUT2D eigenvalue weighted by Gasteiger charge is 2.29. The number of sulfonamides is 1. The standard InChI is InChI=1S/C23H32N2O3S/c1-22(2,3)17-23(4,5)24-21(26)19-14-10-11-15-20(19)25(29(6,27)28)16-18-12-8-7-9-13-18/h7-15H,16-17H2,1-6H3,(H,24,26). The summed E-state index contributed by atoms with van der Waals surface area (Å²) >= 11 is 0. The van der Waals surface area contributed by atoms with Gasteiger partial charge in [0.05, 0.1) is 24.1 Å². The Labute approximate surface area is 175 Å². The summed E-state index contributed by atoms with van der Waals surface area (Å²) in [7, 11) is -3.59. The van der Waals surface area contributed by atoms with Gasteiger partial charge in [-0.1, -0.05) is 63.2 Å². The molecular weight excluding hydrogens is 384 g/mol. The first-order valence-corrected chi connectivity index (χ1v) is 11.6. The van der Waals surface area contributed by atoms with Crippen LogP contribution >= 0.6 is 0 Å². The van der Waals surface area contributed by atoms with E-state index in [1.165, 1.54) is 4.31 Å². The lowest BCUT2D eigenvalue weighted by atomic mass is 9.81. The van der Waals surface area contributed by atoms with Crippen LogP contribution in [-0.2, 0) is 16.6 Å². The highest BCUT2D eigenvalue weighted by atomic mass is 32.2. The van der Waals surface area contributed by atoms with E-state index in [1.54, 1.807) is 24.3 Å². The predicted octanol–water partition coefficient (Wildman–Crippen LogP) is 4.60. The molecular formula is C23H32N2O3S. The highest BCUT2D eigenvalue weighted by Crippen LogP contribution is 2.29. The first-order valence-electron chi connectivity index (χ1n) is 9.72. The molecule has 158 valence electrons. The van der Waals surface area contributed by atoms with Crippen molar-refractivity contribution in [2.75, 3.05) is 10.6 Å². The van der Waals surface area contributed by atoms with Gasteiger partial charge in [0.1, 0.15) is 0 Å². The molecule has 0 spiro atoms. The minimum Gasteiger partial charge on any atom is -0.347 e. The number of nitrogens with zero attached hydrogens (tertiary/aromatic N) is 1. The van der Waals surface area contributed by atoms with Crippen LogP contribution in [0.2, 0.25) is 0 Å². The van der Waals surface area contributed by atoms with Crippen LogP contribution in [0.4, 0.5) is 5.69 Å². The number of rotatable bonds is 7. The minimum atomic E-state index is -3.59. The van der Waals surface area contributed by atoms with Crippen LogP contribution in [0.15, 0.2) is 54.6 Å². The fourth-order valence-corrected chi connectivity index (χ4v) is 4.66. The van der Waals surface area contributed by atoms with Crippen molar-refractivity contribution in [3.05, 3.63) is 65.7 Å². The van der Waals surface area contributed by atoms with Crippen molar-refractivity contribution in [1.29, 1.82) is 0 Å². The molecule has 5 nitrogen and oxygen atoms in total. The first-order chi connectivity index (χ1) is 13.3. The highest BCUT2D eigenvalue weighted by molar-refractivity contribution is 7.92. The van der Waals surface area contributed by atoms with E-state index in [4.69, 9.17) is 0 Å². The Morgan fingerprint density at radius 3 is 2.03 bits per heavy atom. The number of anilines is 1. The van der Waals surface area contributed by atoms with Gasteiger partial charge >= 0.3 is 0 Å². The average molecular weight is 417 g/mol. The number of carbonyl (C=O) groups excluding carboxylic acids is 1. The zero-order chi connectivity index (χ0) is 21.9. The zero-order valence-electron chi connectivity index (χ0n) is 18.2. The fourth-order valence-electron chi connectivity index (χ4n) is 3.76. The van der Waals surface area contributed by atoms with Gasteiger partial charge < -0.3 is 5.32 Å². The lowest BCUT2D eigenvalue weighted by Crippen LogP contribution is -2.46. The Kier molecular flexibility index (Phi) is 6.78. The molecule has 1 amide bonds. The van der Waals surface area contributed by atoms with E-state index < -0.39 is 15.6 Å². The number of carbonyl (C=O) groups is 1. The first kappa shape index (κ1) is 22.9. The van der Waals surface area contributed by atoms with Gasteiger partial charge in [0.15, 0.2) is 0 Å². The second-order valence-electron chi connectivity index (χ2n) is 9.35. The Hall–Kier alpha value is -2.34. The maximum absolute atomic E-state index is 13.1. The van der Waals surface area contributed by atoms with Crippen molar-refractivity contribution in [2.24, 2.45) is 5.41 Å². The van der Waals surface area contributed by atoms with Crippen LogP contribution in [0, 0.1) is 5.41 Å². The number of hydrogen-bond donors (Lipinski definition) is 1. The molecule has 2 aromatic rings. The normalized spacial score (nSPS) is 12.5. The summed E-state index contributed by atoms with van der Waals surface area (Å²) in [5.41, 5.74) is 1.18. The smallest absolute Gasteiger partial charge is 0.253 e. The number of amides is 1. The molecule has 2 aromatic carbocycles. The van der Waals surface area contributed by atoms with Crippen LogP contribution in [0.5, 0.6) is 0 Å². The molecule has 6 heteroatoms. The quantitative estimate of drug-likeness (QED) is 0.717. The van der Waals surface area contributed by atoms with Gasteiger partial charge in [-0.25, -0.2) is 8.42 Å². The summed E-state index contributed by atoms with van der Waals surface area (Å²) < 4.78 is 26.4. The monoisotopic (exact) mass is 416 g/mol. The van der Waals surface area contributed by atoms with Gasteiger partial charge in [-0.3, -0.25) is 9.10 Å². The Morgan fingerprint density at radius 1 is 0.931 bits per heavy atom. The van der Waals surface area contributed by atoms with E-state index in [2.05, 4.69) is 26.1 Å². The van der Waals surface area contributed by atoms with Crippen LogP contribution in [-0.4, -0.2) is 26.1 Å². The molecule has 0 unspecified atom stereocenters. The third-order valence-electron chi connectivity index (χ3n) is 4.41. The van der Waals surface area contributed by atoms with E-state index in [-0.39, 0.29) is 17.9 Å². The van der Waals surface area contributed by atoms with Crippen molar-refractivity contribution < 1.29 is 13.2 Å². The molecule has 29 heavy (non-hydrogen) atoms. The summed E-state index contributed by atoms with van der Waals surface area (Å²) in [5, 5.41) is 3.08. The molecule has 0 aliphatic rings. The van der Waals surface area contributed by atoms with Crippen LogP contribution in [0.1, 0.15) is 57.0 Å². The second kappa shape index (κ2) is 8.57. The Balaban J connectivity index is 2.40. The fraction of sp³-hybridized carbons (Fsp3) is 0.435. The van der Waals surface area contributed by atoms with Crippen molar-refractivity contribution >= 4 is 21.6 Å². The van der Waals surface area contributed by atoms with Crippen molar-refractivity contribution in [1.82, 2.24) is 5.32 Å². The predicted molar refractivity (Wildman–Crippen MR) is 120 cm³/mol. The second-order valence-corrected chi connectivity index (χ2v) is 11.3. The van der Waals surface area contributed by atoms with E-state index in [0.29, 0.717) is 11.3 Å². The van der Waals surface area contributed by atoms with Gasteiger partial charge in [0, 0.05) is 5.54 Å². The summed E-state index contributed by atoms with van der Waals surface area (Å²) in [4.78, 5) is 13.1. The summed E-state index contributed by atoms with van der Waals surface area (Å²) in [5.74, 6) is -0.281. The number of para-hydroxylation sites is 1. The third-order valence-corrected chi connectivity index (χ3v) is 5.54. The van der Waals surface area contributed by atoms with E-state index in [1.807, 2.05) is 44.2 Å². The van der Waals surface area contributed by atoms with Gasteiger partial charge in [-0.15, -0.1) is 0 Å². The molecule has 1 N–H and O–H groups in total. The van der Waals surface area contributed by atoms with Gasteiger partial charge in [0.25, 0.3) is 5.91 Å². The summed E-state index contributed by atoms with van der Waals surface area (Å²) in [6.45, 7) is 10.5. The van der Waals surface area contributed by atoms with Gasteiger partial charge in [0.2, 0.25) is 10.0 Å². The maximum Gasteiger partial charge on any atom is 0.253 e. The van der Waals surface area contributed by atoms with E-state index >= 15 is 0 Å². The number of benzene rings is 2. The molecule has 0 radical (unpaired) electrons. The molecule has 0 atom stereocenters. The Bertz CT molecular complexity index is 946.